The van der Waals surface area contributed by atoms with Crippen LogP contribution < -0.4 is 0 Å². The molecule has 7 nitrogen and oxygen atoms in total. The SMILES string of the molecule is CN(Cc1ccc(Cl)c(Cl)c1)C(=O)C1=C(O)C(=O)N(CCCC(=O)O)C1. The number of aliphatic carboxylic acids is 1. The van der Waals surface area contributed by atoms with Crippen molar-refractivity contribution in [1.29, 1.82) is 0 Å². The summed E-state index contributed by atoms with van der Waals surface area (Å²) in [6.07, 6.45) is 0.153. The molecule has 0 saturated heterocycles. The lowest BCUT2D eigenvalue weighted by atomic mass is 10.2. The molecule has 2 amide bonds. The number of aliphatic hydroxyl groups excluding tert-OH is 1. The molecule has 1 aromatic carbocycles. The summed E-state index contributed by atoms with van der Waals surface area (Å²) in [5.74, 6) is -2.71. The van der Waals surface area contributed by atoms with Crippen molar-refractivity contribution in [2.75, 3.05) is 20.1 Å². The second-order valence-electron chi connectivity index (χ2n) is 5.96. The van der Waals surface area contributed by atoms with E-state index in [0.29, 0.717) is 10.0 Å². The number of hydrogen-bond acceptors (Lipinski definition) is 4. The Labute approximate surface area is 160 Å². The first kappa shape index (κ1) is 20.1. The van der Waals surface area contributed by atoms with Gasteiger partial charge in [0.1, 0.15) is 0 Å². The van der Waals surface area contributed by atoms with Crippen LogP contribution in [0.5, 0.6) is 0 Å². The third kappa shape index (κ3) is 4.68. The average Bonchev–Trinajstić information content (AvgIpc) is 2.85. The number of carboxylic acid groups (broad SMARTS) is 1. The highest BCUT2D eigenvalue weighted by molar-refractivity contribution is 6.42. The van der Waals surface area contributed by atoms with E-state index < -0.39 is 23.5 Å². The average molecular weight is 401 g/mol. The molecule has 0 spiro atoms. The number of rotatable bonds is 7. The van der Waals surface area contributed by atoms with E-state index in [9.17, 15) is 19.5 Å². The van der Waals surface area contributed by atoms with Crippen LogP contribution in [0.4, 0.5) is 0 Å². The zero-order valence-corrected chi connectivity index (χ0v) is 15.5. The Hall–Kier alpha value is -2.25. The Morgan fingerprint density at radius 3 is 2.58 bits per heavy atom. The lowest BCUT2D eigenvalue weighted by molar-refractivity contribution is -0.137. The van der Waals surface area contributed by atoms with E-state index in [1.807, 2.05) is 0 Å². The maximum atomic E-state index is 12.6. The fourth-order valence-electron chi connectivity index (χ4n) is 2.60. The van der Waals surface area contributed by atoms with E-state index in [1.54, 1.807) is 25.2 Å². The minimum atomic E-state index is -0.966. The van der Waals surface area contributed by atoms with Gasteiger partial charge in [-0.1, -0.05) is 29.3 Å². The van der Waals surface area contributed by atoms with Crippen LogP contribution in [0.15, 0.2) is 29.5 Å². The summed E-state index contributed by atoms with van der Waals surface area (Å²) < 4.78 is 0. The molecule has 2 N–H and O–H groups in total. The van der Waals surface area contributed by atoms with Crippen molar-refractivity contribution in [3.8, 4) is 0 Å². The van der Waals surface area contributed by atoms with E-state index in [0.717, 1.165) is 5.56 Å². The summed E-state index contributed by atoms with van der Waals surface area (Å²) in [6.45, 7) is 0.330. The van der Waals surface area contributed by atoms with Gasteiger partial charge in [-0.3, -0.25) is 14.4 Å². The first-order chi connectivity index (χ1) is 12.2. The predicted molar refractivity (Wildman–Crippen MR) is 96.0 cm³/mol. The minimum absolute atomic E-state index is 0.00659. The molecule has 1 heterocycles. The van der Waals surface area contributed by atoms with Crippen LogP contribution in [0.1, 0.15) is 18.4 Å². The topological polar surface area (TPSA) is 98.2 Å². The third-order valence-corrected chi connectivity index (χ3v) is 4.69. The number of carboxylic acids is 1. The van der Waals surface area contributed by atoms with Crippen LogP contribution in [0, 0.1) is 0 Å². The van der Waals surface area contributed by atoms with Crippen LogP contribution in [-0.2, 0) is 20.9 Å². The van der Waals surface area contributed by atoms with Crippen molar-refractivity contribution in [2.45, 2.75) is 19.4 Å². The van der Waals surface area contributed by atoms with Gasteiger partial charge >= 0.3 is 5.97 Å². The maximum Gasteiger partial charge on any atom is 0.303 e. The number of amides is 2. The summed E-state index contributed by atoms with van der Waals surface area (Å²) in [5.41, 5.74) is 0.742. The molecule has 0 bridgehead atoms. The number of hydrogen-bond donors (Lipinski definition) is 2. The third-order valence-electron chi connectivity index (χ3n) is 3.95. The normalized spacial score (nSPS) is 14.1. The van der Waals surface area contributed by atoms with Crippen LogP contribution >= 0.6 is 23.2 Å². The Morgan fingerprint density at radius 1 is 1.27 bits per heavy atom. The Kier molecular flexibility index (Phi) is 6.50. The smallest absolute Gasteiger partial charge is 0.303 e. The van der Waals surface area contributed by atoms with Gasteiger partial charge in [-0.25, -0.2) is 0 Å². The van der Waals surface area contributed by atoms with Crippen LogP contribution in [0.2, 0.25) is 10.0 Å². The first-order valence-electron chi connectivity index (χ1n) is 7.83. The van der Waals surface area contributed by atoms with Crippen molar-refractivity contribution in [2.24, 2.45) is 0 Å². The zero-order chi connectivity index (χ0) is 19.4. The quantitative estimate of drug-likeness (QED) is 0.732. The number of aliphatic hydroxyl groups is 1. The van der Waals surface area contributed by atoms with Gasteiger partial charge in [0.2, 0.25) is 0 Å². The molecule has 1 aliphatic rings. The standard InChI is InChI=1S/C17H18Cl2N2O5/c1-20(8-10-4-5-12(18)13(19)7-10)16(25)11-9-21(17(26)15(11)24)6-2-3-14(22)23/h4-5,7,24H,2-3,6,8-9H2,1H3,(H,22,23). The highest BCUT2D eigenvalue weighted by Gasteiger charge is 2.34. The number of carbonyl (C=O) groups is 3. The summed E-state index contributed by atoms with van der Waals surface area (Å²) in [4.78, 5) is 37.8. The van der Waals surface area contributed by atoms with Crippen molar-refractivity contribution in [3.63, 3.8) is 0 Å². The molecule has 9 heteroatoms. The van der Waals surface area contributed by atoms with Crippen molar-refractivity contribution in [1.82, 2.24) is 9.80 Å². The lowest BCUT2D eigenvalue weighted by Crippen LogP contribution is -2.32. The summed E-state index contributed by atoms with van der Waals surface area (Å²) in [7, 11) is 1.54. The summed E-state index contributed by atoms with van der Waals surface area (Å²) >= 11 is 11.8. The van der Waals surface area contributed by atoms with Gasteiger partial charge in [0, 0.05) is 26.6 Å². The summed E-state index contributed by atoms with van der Waals surface area (Å²) in [6, 6.07) is 4.99. The minimum Gasteiger partial charge on any atom is -0.503 e. The second kappa shape index (κ2) is 8.42. The molecular weight excluding hydrogens is 383 g/mol. The van der Waals surface area contributed by atoms with Gasteiger partial charge in [0.25, 0.3) is 11.8 Å². The van der Waals surface area contributed by atoms with Crippen LogP contribution in [0.25, 0.3) is 0 Å². The summed E-state index contributed by atoms with van der Waals surface area (Å²) in [5, 5.41) is 19.4. The Bertz CT molecular complexity index is 778. The molecule has 0 saturated carbocycles. The number of likely N-dealkylation sites (N-methyl/N-ethyl adjacent to an activating group) is 1. The fourth-order valence-corrected chi connectivity index (χ4v) is 2.92. The molecule has 0 unspecified atom stereocenters. The van der Waals surface area contributed by atoms with E-state index in [4.69, 9.17) is 28.3 Å². The number of nitrogens with zero attached hydrogens (tertiary/aromatic N) is 2. The Balaban J connectivity index is 2.02. The largest absolute Gasteiger partial charge is 0.503 e. The molecule has 140 valence electrons. The van der Waals surface area contributed by atoms with E-state index in [-0.39, 0.29) is 38.0 Å². The van der Waals surface area contributed by atoms with Gasteiger partial charge in [-0.2, -0.15) is 0 Å². The van der Waals surface area contributed by atoms with Gasteiger partial charge in [-0.05, 0) is 24.1 Å². The van der Waals surface area contributed by atoms with Crippen molar-refractivity contribution in [3.05, 3.63) is 45.1 Å². The van der Waals surface area contributed by atoms with Crippen LogP contribution in [-0.4, -0.2) is 57.9 Å². The predicted octanol–water partition coefficient (Wildman–Crippen LogP) is 2.47. The molecule has 0 atom stereocenters. The molecule has 0 radical (unpaired) electrons. The zero-order valence-electron chi connectivity index (χ0n) is 14.0. The van der Waals surface area contributed by atoms with E-state index >= 15 is 0 Å². The second-order valence-corrected chi connectivity index (χ2v) is 6.78. The number of benzene rings is 1. The molecular formula is C17H18Cl2N2O5. The Morgan fingerprint density at radius 2 is 1.96 bits per heavy atom. The molecule has 2 rings (SSSR count). The van der Waals surface area contributed by atoms with Gasteiger partial charge in [0.15, 0.2) is 5.76 Å². The van der Waals surface area contributed by atoms with Gasteiger partial charge < -0.3 is 20.0 Å². The molecule has 0 aromatic heterocycles. The molecule has 26 heavy (non-hydrogen) atoms. The molecule has 0 aliphatic carbocycles. The molecule has 1 aliphatic heterocycles. The number of halogens is 2. The van der Waals surface area contributed by atoms with Crippen molar-refractivity contribution >= 4 is 41.0 Å². The highest BCUT2D eigenvalue weighted by atomic mass is 35.5. The van der Waals surface area contributed by atoms with E-state index in [2.05, 4.69) is 0 Å². The highest BCUT2D eigenvalue weighted by Crippen LogP contribution is 2.24. The van der Waals surface area contributed by atoms with Gasteiger partial charge in [-0.15, -0.1) is 0 Å². The molecule has 1 aromatic rings. The van der Waals surface area contributed by atoms with Crippen molar-refractivity contribution < 1.29 is 24.6 Å². The monoisotopic (exact) mass is 400 g/mol. The van der Waals surface area contributed by atoms with Crippen LogP contribution in [0.3, 0.4) is 0 Å². The van der Waals surface area contributed by atoms with Gasteiger partial charge in [0.05, 0.1) is 22.2 Å². The first-order valence-corrected chi connectivity index (χ1v) is 8.59. The maximum absolute atomic E-state index is 12.6. The number of carbonyl (C=O) groups excluding carboxylic acids is 2. The van der Waals surface area contributed by atoms with E-state index in [1.165, 1.54) is 9.80 Å². The fraction of sp³-hybridized carbons (Fsp3) is 0.353. The molecule has 0 fully saturated rings. The lowest BCUT2D eigenvalue weighted by Gasteiger charge is -2.19.